The third-order valence-corrected chi connectivity index (χ3v) is 5.49. The molecule has 8 heteroatoms. The molecule has 0 aliphatic heterocycles. The number of anilines is 1. The smallest absolute Gasteiger partial charge is 0.166 e. The highest BCUT2D eigenvalue weighted by Gasteiger charge is 2.14. The summed E-state index contributed by atoms with van der Waals surface area (Å²) in [4.78, 5) is 0. The first-order valence-corrected chi connectivity index (χ1v) is 10.0. The summed E-state index contributed by atoms with van der Waals surface area (Å²) < 4.78 is 11.5. The van der Waals surface area contributed by atoms with Crippen LogP contribution in [0.15, 0.2) is 48.5 Å². The molecule has 0 amide bonds. The molecule has 0 aromatic heterocycles. The second-order valence-corrected chi connectivity index (χ2v) is 7.71. The van der Waals surface area contributed by atoms with E-state index in [-0.39, 0.29) is 22.4 Å². The molecule has 152 valence electrons. The van der Waals surface area contributed by atoms with Crippen LogP contribution in [0, 0.1) is 0 Å². The van der Waals surface area contributed by atoms with Gasteiger partial charge in [-0.3, -0.25) is 0 Å². The molecule has 4 nitrogen and oxygen atoms in total. The average molecular weight is 473 g/mol. The van der Waals surface area contributed by atoms with Crippen molar-refractivity contribution in [3.63, 3.8) is 0 Å². The minimum atomic E-state index is -0.152. The molecule has 0 heterocycles. The summed E-state index contributed by atoms with van der Waals surface area (Å²) in [5.74, 6) is 0.990. The van der Waals surface area contributed by atoms with E-state index in [1.165, 1.54) is 0 Å². The number of ether oxygens (including phenoxy) is 2. The second-order valence-electron chi connectivity index (χ2n) is 6.08. The number of hydrogen-bond acceptors (Lipinski definition) is 4. The molecule has 0 bridgehead atoms. The Morgan fingerprint density at radius 1 is 0.897 bits per heavy atom. The van der Waals surface area contributed by atoms with E-state index in [0.717, 1.165) is 5.56 Å². The summed E-state index contributed by atoms with van der Waals surface area (Å²) >= 11 is 24.4. The van der Waals surface area contributed by atoms with Gasteiger partial charge in [-0.15, -0.1) is 0 Å². The van der Waals surface area contributed by atoms with E-state index in [9.17, 15) is 5.11 Å². The van der Waals surface area contributed by atoms with E-state index >= 15 is 0 Å². The summed E-state index contributed by atoms with van der Waals surface area (Å²) in [6.45, 7) is 0.586. The number of benzene rings is 3. The van der Waals surface area contributed by atoms with Crippen LogP contribution in [-0.2, 0) is 13.2 Å². The van der Waals surface area contributed by atoms with Crippen LogP contribution < -0.4 is 14.8 Å². The van der Waals surface area contributed by atoms with Crippen LogP contribution in [0.3, 0.4) is 0 Å². The lowest BCUT2D eigenvalue weighted by atomic mass is 10.1. The minimum Gasteiger partial charge on any atom is -0.505 e. The van der Waals surface area contributed by atoms with Crippen molar-refractivity contribution >= 4 is 52.1 Å². The molecule has 0 unspecified atom stereocenters. The monoisotopic (exact) mass is 471 g/mol. The number of rotatable bonds is 7. The zero-order valence-electron chi connectivity index (χ0n) is 15.3. The maximum absolute atomic E-state index is 9.70. The first-order valence-electron chi connectivity index (χ1n) is 8.54. The Morgan fingerprint density at radius 2 is 1.52 bits per heavy atom. The Kier molecular flexibility index (Phi) is 7.25. The lowest BCUT2D eigenvalue weighted by Crippen LogP contribution is -2.06. The molecule has 2 N–H and O–H groups in total. The molecule has 29 heavy (non-hydrogen) atoms. The van der Waals surface area contributed by atoms with Gasteiger partial charge in [0.05, 0.1) is 17.2 Å². The predicted octanol–water partition coefficient (Wildman–Crippen LogP) is 7.21. The van der Waals surface area contributed by atoms with Crippen molar-refractivity contribution in [2.45, 2.75) is 13.2 Å². The van der Waals surface area contributed by atoms with Gasteiger partial charge in [-0.05, 0) is 30.3 Å². The highest BCUT2D eigenvalue weighted by Crippen LogP contribution is 2.36. The number of aromatic hydroxyl groups is 1. The highest BCUT2D eigenvalue weighted by atomic mass is 35.5. The van der Waals surface area contributed by atoms with Gasteiger partial charge in [0.1, 0.15) is 6.61 Å². The Balaban J connectivity index is 1.83. The van der Waals surface area contributed by atoms with E-state index in [4.69, 9.17) is 55.9 Å². The van der Waals surface area contributed by atoms with Crippen LogP contribution in [0.2, 0.25) is 20.1 Å². The van der Waals surface area contributed by atoms with Gasteiger partial charge in [0.2, 0.25) is 0 Å². The van der Waals surface area contributed by atoms with Gasteiger partial charge in [0.25, 0.3) is 0 Å². The van der Waals surface area contributed by atoms with Gasteiger partial charge in [0.15, 0.2) is 17.2 Å². The molecule has 0 spiro atoms. The number of phenolic OH excluding ortho intramolecular Hbond substituents is 1. The van der Waals surface area contributed by atoms with Crippen LogP contribution in [0.4, 0.5) is 5.69 Å². The van der Waals surface area contributed by atoms with Crippen molar-refractivity contribution < 1.29 is 14.6 Å². The first kappa shape index (κ1) is 21.7. The van der Waals surface area contributed by atoms with E-state index in [1.807, 2.05) is 12.1 Å². The van der Waals surface area contributed by atoms with Crippen molar-refractivity contribution in [1.29, 1.82) is 0 Å². The van der Waals surface area contributed by atoms with Crippen molar-refractivity contribution in [1.82, 2.24) is 0 Å². The summed E-state index contributed by atoms with van der Waals surface area (Å²) in [7, 11) is 1.57. The van der Waals surface area contributed by atoms with Crippen LogP contribution >= 0.6 is 46.4 Å². The first-order chi connectivity index (χ1) is 13.9. The normalized spacial score (nSPS) is 10.7. The zero-order chi connectivity index (χ0) is 21.0. The van der Waals surface area contributed by atoms with Gasteiger partial charge in [0, 0.05) is 33.4 Å². The van der Waals surface area contributed by atoms with E-state index < -0.39 is 0 Å². The number of hydrogen-bond donors (Lipinski definition) is 2. The summed E-state index contributed by atoms with van der Waals surface area (Å²) in [6.07, 6.45) is 0. The van der Waals surface area contributed by atoms with Crippen LogP contribution in [0.1, 0.15) is 11.1 Å². The van der Waals surface area contributed by atoms with Gasteiger partial charge < -0.3 is 19.9 Å². The molecule has 3 aromatic rings. The van der Waals surface area contributed by atoms with Crippen molar-refractivity contribution in [3.8, 4) is 17.2 Å². The van der Waals surface area contributed by atoms with E-state index in [0.29, 0.717) is 39.3 Å². The quantitative estimate of drug-likeness (QED) is 0.357. The molecule has 0 radical (unpaired) electrons. The number of methoxy groups -OCH3 is 1. The average Bonchev–Trinajstić information content (AvgIpc) is 2.70. The maximum atomic E-state index is 9.70. The molecule has 0 fully saturated rings. The Labute approximate surface area is 188 Å². The van der Waals surface area contributed by atoms with Crippen LogP contribution in [-0.4, -0.2) is 12.2 Å². The topological polar surface area (TPSA) is 50.7 Å². The third-order valence-electron chi connectivity index (χ3n) is 4.20. The minimum absolute atomic E-state index is 0.152. The van der Waals surface area contributed by atoms with Gasteiger partial charge in [-0.1, -0.05) is 64.6 Å². The Morgan fingerprint density at radius 3 is 2.14 bits per heavy atom. The molecule has 3 rings (SSSR count). The molecule has 0 aliphatic carbocycles. The summed E-state index contributed by atoms with van der Waals surface area (Å²) in [5, 5.41) is 14.3. The highest BCUT2D eigenvalue weighted by molar-refractivity contribution is 6.37. The van der Waals surface area contributed by atoms with Crippen molar-refractivity contribution in [2.75, 3.05) is 12.4 Å². The standard InChI is InChI=1S/C21H17Cl4NO3/c1-28-19-7-2-4-12(10-26-13-8-17(24)20(27)18(25)9-13)21(19)29-11-14-15(22)5-3-6-16(14)23/h2-9,26-27H,10-11H2,1H3. The largest absolute Gasteiger partial charge is 0.505 e. The summed E-state index contributed by atoms with van der Waals surface area (Å²) in [5.41, 5.74) is 2.19. The lowest BCUT2D eigenvalue weighted by Gasteiger charge is -2.17. The zero-order valence-corrected chi connectivity index (χ0v) is 18.3. The molecule has 0 aliphatic rings. The van der Waals surface area contributed by atoms with Crippen molar-refractivity contribution in [2.24, 2.45) is 0 Å². The van der Waals surface area contributed by atoms with E-state index in [2.05, 4.69) is 5.32 Å². The molecular weight excluding hydrogens is 456 g/mol. The Bertz CT molecular complexity index is 984. The maximum Gasteiger partial charge on any atom is 0.166 e. The number of phenols is 1. The molecule has 0 atom stereocenters. The molecule has 0 saturated carbocycles. The number of para-hydroxylation sites is 1. The van der Waals surface area contributed by atoms with Gasteiger partial charge in [-0.2, -0.15) is 0 Å². The fraction of sp³-hybridized carbons (Fsp3) is 0.143. The summed E-state index contributed by atoms with van der Waals surface area (Å²) in [6, 6.07) is 14.1. The fourth-order valence-corrected chi connectivity index (χ4v) is 3.70. The van der Waals surface area contributed by atoms with Gasteiger partial charge in [-0.25, -0.2) is 0 Å². The molecule has 0 saturated heterocycles. The Hall–Kier alpha value is -1.98. The number of nitrogens with one attached hydrogen (secondary N) is 1. The molecular formula is C21H17Cl4NO3. The third kappa shape index (κ3) is 5.14. The van der Waals surface area contributed by atoms with Crippen LogP contribution in [0.25, 0.3) is 0 Å². The lowest BCUT2D eigenvalue weighted by molar-refractivity contribution is 0.282. The van der Waals surface area contributed by atoms with Crippen LogP contribution in [0.5, 0.6) is 17.2 Å². The van der Waals surface area contributed by atoms with Gasteiger partial charge >= 0.3 is 0 Å². The second kappa shape index (κ2) is 9.68. The fourth-order valence-electron chi connectivity index (χ4n) is 2.70. The van der Waals surface area contributed by atoms with Crippen molar-refractivity contribution in [3.05, 3.63) is 79.7 Å². The molecule has 3 aromatic carbocycles. The number of halogens is 4. The SMILES string of the molecule is COc1cccc(CNc2cc(Cl)c(O)c(Cl)c2)c1OCc1c(Cl)cccc1Cl. The predicted molar refractivity (Wildman–Crippen MR) is 119 cm³/mol. The van der Waals surface area contributed by atoms with E-state index in [1.54, 1.807) is 43.5 Å².